The lowest BCUT2D eigenvalue weighted by molar-refractivity contribution is 0.0720. The van der Waals surface area contributed by atoms with Crippen molar-refractivity contribution in [3.8, 4) is 0 Å². The molecule has 1 aromatic rings. The number of hydrogen-bond acceptors (Lipinski definition) is 3. The minimum atomic E-state index is -0.589. The molecule has 2 rings (SSSR count). The van der Waals surface area contributed by atoms with E-state index >= 15 is 0 Å². The highest BCUT2D eigenvalue weighted by Gasteiger charge is 2.31. The van der Waals surface area contributed by atoms with Gasteiger partial charge in [-0.25, -0.2) is 4.99 Å². The zero-order valence-corrected chi connectivity index (χ0v) is 13.0. The topological polar surface area (TPSA) is 47.9 Å². The molecule has 2 N–H and O–H groups in total. The number of guanidine groups is 1. The predicted molar refractivity (Wildman–Crippen MR) is 86.2 cm³/mol. The van der Waals surface area contributed by atoms with E-state index in [4.69, 9.17) is 0 Å². The molecule has 20 heavy (non-hydrogen) atoms. The van der Waals surface area contributed by atoms with E-state index in [2.05, 4.69) is 22.4 Å². The quantitative estimate of drug-likeness (QED) is 0.653. The lowest BCUT2D eigenvalue weighted by Crippen LogP contribution is -2.46. The molecule has 0 aliphatic carbocycles. The van der Waals surface area contributed by atoms with Crippen LogP contribution in [-0.4, -0.2) is 53.7 Å². The van der Waals surface area contributed by atoms with Crippen LogP contribution in [0.5, 0.6) is 0 Å². The Kier molecular flexibility index (Phi) is 5.31. The lowest BCUT2D eigenvalue weighted by Gasteiger charge is -2.25. The van der Waals surface area contributed by atoms with Gasteiger partial charge in [-0.2, -0.15) is 11.8 Å². The number of nitrogens with zero attached hydrogens (tertiary/aromatic N) is 2. The Morgan fingerprint density at radius 2 is 2.15 bits per heavy atom. The molecule has 1 atom stereocenters. The SMILES string of the molecule is CN(C)C(=NCc1ccccc1)NCC1(O)CCSC1. The van der Waals surface area contributed by atoms with Crippen LogP contribution in [0.2, 0.25) is 0 Å². The van der Waals surface area contributed by atoms with Crippen LogP contribution < -0.4 is 5.32 Å². The Morgan fingerprint density at radius 1 is 1.40 bits per heavy atom. The number of aliphatic hydroxyl groups is 1. The first-order valence-corrected chi connectivity index (χ1v) is 8.04. The number of hydrogen-bond donors (Lipinski definition) is 2. The third-order valence-electron chi connectivity index (χ3n) is 3.34. The molecule has 1 aromatic carbocycles. The van der Waals surface area contributed by atoms with Crippen molar-refractivity contribution in [1.82, 2.24) is 10.2 Å². The van der Waals surface area contributed by atoms with Gasteiger partial charge in [-0.3, -0.25) is 0 Å². The van der Waals surface area contributed by atoms with Crippen LogP contribution in [0.25, 0.3) is 0 Å². The minimum Gasteiger partial charge on any atom is -0.387 e. The summed E-state index contributed by atoms with van der Waals surface area (Å²) in [7, 11) is 3.93. The zero-order valence-electron chi connectivity index (χ0n) is 12.2. The molecule has 0 saturated carbocycles. The molecule has 110 valence electrons. The Hall–Kier alpha value is -1.20. The van der Waals surface area contributed by atoms with E-state index in [-0.39, 0.29) is 0 Å². The van der Waals surface area contributed by atoms with E-state index in [0.717, 1.165) is 23.9 Å². The largest absolute Gasteiger partial charge is 0.387 e. The molecule has 0 bridgehead atoms. The van der Waals surface area contributed by atoms with Gasteiger partial charge in [0.05, 0.1) is 12.1 Å². The molecule has 1 heterocycles. The standard InChI is InChI=1S/C15H23N3OS/c1-18(2)14(16-10-13-6-4-3-5-7-13)17-11-15(19)8-9-20-12-15/h3-7,19H,8-12H2,1-2H3,(H,16,17). The summed E-state index contributed by atoms with van der Waals surface area (Å²) in [5.74, 6) is 2.66. The monoisotopic (exact) mass is 293 g/mol. The third kappa shape index (κ3) is 4.42. The molecule has 1 aliphatic heterocycles. The van der Waals surface area contributed by atoms with Crippen LogP contribution in [0.15, 0.2) is 35.3 Å². The van der Waals surface area contributed by atoms with E-state index in [9.17, 15) is 5.11 Å². The Morgan fingerprint density at radius 3 is 2.75 bits per heavy atom. The minimum absolute atomic E-state index is 0.561. The molecule has 0 amide bonds. The summed E-state index contributed by atoms with van der Waals surface area (Å²) < 4.78 is 0. The van der Waals surface area contributed by atoms with Gasteiger partial charge in [-0.1, -0.05) is 30.3 Å². The zero-order chi connectivity index (χ0) is 14.4. The van der Waals surface area contributed by atoms with Crippen LogP contribution in [0, 0.1) is 0 Å². The fraction of sp³-hybridized carbons (Fsp3) is 0.533. The molecule has 1 fully saturated rings. The van der Waals surface area contributed by atoms with E-state index < -0.39 is 5.60 Å². The van der Waals surface area contributed by atoms with Gasteiger partial charge in [0.15, 0.2) is 5.96 Å². The van der Waals surface area contributed by atoms with E-state index in [1.54, 1.807) is 0 Å². The number of thioether (sulfide) groups is 1. The van der Waals surface area contributed by atoms with Gasteiger partial charge in [0.25, 0.3) is 0 Å². The summed E-state index contributed by atoms with van der Waals surface area (Å²) >= 11 is 1.81. The first-order valence-electron chi connectivity index (χ1n) is 6.89. The Balaban J connectivity index is 1.93. The van der Waals surface area contributed by atoms with Crippen molar-refractivity contribution in [2.75, 3.05) is 32.1 Å². The molecular weight excluding hydrogens is 270 g/mol. The van der Waals surface area contributed by atoms with Crippen LogP contribution in [-0.2, 0) is 6.54 Å². The number of aliphatic imine (C=N–C) groups is 1. The second-order valence-corrected chi connectivity index (χ2v) is 6.51. The number of rotatable bonds is 4. The summed E-state index contributed by atoms with van der Waals surface area (Å²) in [5.41, 5.74) is 0.595. The van der Waals surface area contributed by atoms with E-state index in [1.807, 2.05) is 49.0 Å². The summed E-state index contributed by atoms with van der Waals surface area (Å²) in [6, 6.07) is 10.2. The highest BCUT2D eigenvalue weighted by Crippen LogP contribution is 2.26. The summed E-state index contributed by atoms with van der Waals surface area (Å²) in [4.78, 5) is 6.55. The van der Waals surface area contributed by atoms with Crippen molar-refractivity contribution in [3.05, 3.63) is 35.9 Å². The molecular formula is C15H23N3OS. The predicted octanol–water partition coefficient (Wildman–Crippen LogP) is 1.56. The van der Waals surface area contributed by atoms with Crippen LogP contribution >= 0.6 is 11.8 Å². The van der Waals surface area contributed by atoms with E-state index in [0.29, 0.717) is 13.1 Å². The summed E-state index contributed by atoms with van der Waals surface area (Å²) in [5, 5.41) is 13.6. The molecule has 1 saturated heterocycles. The molecule has 0 radical (unpaired) electrons. The average molecular weight is 293 g/mol. The molecule has 5 heteroatoms. The average Bonchev–Trinajstić information content (AvgIpc) is 2.86. The van der Waals surface area contributed by atoms with Crippen molar-refractivity contribution >= 4 is 17.7 Å². The van der Waals surface area contributed by atoms with Crippen molar-refractivity contribution in [3.63, 3.8) is 0 Å². The number of benzene rings is 1. The van der Waals surface area contributed by atoms with Gasteiger partial charge < -0.3 is 15.3 Å². The van der Waals surface area contributed by atoms with Gasteiger partial charge in [-0.15, -0.1) is 0 Å². The van der Waals surface area contributed by atoms with Crippen molar-refractivity contribution in [2.45, 2.75) is 18.6 Å². The van der Waals surface area contributed by atoms with Gasteiger partial charge in [0.1, 0.15) is 0 Å². The molecule has 4 nitrogen and oxygen atoms in total. The van der Waals surface area contributed by atoms with Gasteiger partial charge >= 0.3 is 0 Å². The molecule has 1 unspecified atom stereocenters. The first-order chi connectivity index (χ1) is 9.59. The first kappa shape index (κ1) is 15.2. The van der Waals surface area contributed by atoms with Crippen LogP contribution in [0.4, 0.5) is 0 Å². The Bertz CT molecular complexity index is 442. The normalized spacial score (nSPS) is 22.9. The summed E-state index contributed by atoms with van der Waals surface area (Å²) in [6.07, 6.45) is 0.851. The van der Waals surface area contributed by atoms with Crippen LogP contribution in [0.1, 0.15) is 12.0 Å². The smallest absolute Gasteiger partial charge is 0.193 e. The molecule has 0 aromatic heterocycles. The highest BCUT2D eigenvalue weighted by molar-refractivity contribution is 7.99. The lowest BCUT2D eigenvalue weighted by atomic mass is 10.0. The fourth-order valence-corrected chi connectivity index (χ4v) is 3.38. The van der Waals surface area contributed by atoms with Gasteiger partial charge in [0, 0.05) is 26.4 Å². The molecule has 1 aliphatic rings. The van der Waals surface area contributed by atoms with E-state index in [1.165, 1.54) is 5.56 Å². The maximum Gasteiger partial charge on any atom is 0.193 e. The van der Waals surface area contributed by atoms with Crippen molar-refractivity contribution in [1.29, 1.82) is 0 Å². The maximum absolute atomic E-state index is 10.4. The fourth-order valence-electron chi connectivity index (χ4n) is 2.08. The van der Waals surface area contributed by atoms with Crippen molar-refractivity contribution in [2.24, 2.45) is 4.99 Å². The van der Waals surface area contributed by atoms with Crippen LogP contribution in [0.3, 0.4) is 0 Å². The maximum atomic E-state index is 10.4. The summed E-state index contributed by atoms with van der Waals surface area (Å²) in [6.45, 7) is 1.21. The van der Waals surface area contributed by atoms with Gasteiger partial charge in [0.2, 0.25) is 0 Å². The second kappa shape index (κ2) is 6.99. The third-order valence-corrected chi connectivity index (χ3v) is 4.57. The molecule has 0 spiro atoms. The number of nitrogens with one attached hydrogen (secondary N) is 1. The van der Waals surface area contributed by atoms with Crippen molar-refractivity contribution < 1.29 is 5.11 Å². The Labute approximate surface area is 125 Å². The second-order valence-electron chi connectivity index (χ2n) is 5.40. The van der Waals surface area contributed by atoms with Gasteiger partial charge in [-0.05, 0) is 17.7 Å². The highest BCUT2D eigenvalue weighted by atomic mass is 32.2.